The molecule has 6 nitrogen and oxygen atoms in total. The number of pyridine rings is 1. The highest BCUT2D eigenvalue weighted by atomic mass is 19.3. The minimum atomic E-state index is -2.73. The van der Waals surface area contributed by atoms with Gasteiger partial charge < -0.3 is 15.2 Å². The van der Waals surface area contributed by atoms with E-state index in [9.17, 15) is 22.8 Å². The van der Waals surface area contributed by atoms with Crippen LogP contribution in [0.2, 0.25) is 0 Å². The summed E-state index contributed by atoms with van der Waals surface area (Å²) in [4.78, 5) is 35.8. The molecular formula is C30H27F3N4O2. The molecule has 0 saturated heterocycles. The summed E-state index contributed by atoms with van der Waals surface area (Å²) in [7, 11) is 1.78. The number of fused-ring (bicyclic) bond motifs is 1. The number of halogens is 3. The quantitative estimate of drug-likeness (QED) is 0.287. The van der Waals surface area contributed by atoms with Crippen molar-refractivity contribution < 1.29 is 22.8 Å². The third kappa shape index (κ3) is 5.30. The predicted molar refractivity (Wildman–Crippen MR) is 143 cm³/mol. The minimum Gasteiger partial charge on any atom is -0.357 e. The van der Waals surface area contributed by atoms with Crippen molar-refractivity contribution in [2.45, 2.75) is 31.6 Å². The van der Waals surface area contributed by atoms with E-state index in [1.54, 1.807) is 24.1 Å². The Morgan fingerprint density at radius 3 is 2.49 bits per heavy atom. The van der Waals surface area contributed by atoms with Crippen LogP contribution in [0.15, 0.2) is 72.9 Å². The van der Waals surface area contributed by atoms with Gasteiger partial charge in [0, 0.05) is 48.9 Å². The van der Waals surface area contributed by atoms with E-state index in [0.717, 1.165) is 29.0 Å². The van der Waals surface area contributed by atoms with E-state index in [2.05, 4.69) is 15.3 Å². The Labute approximate surface area is 223 Å². The van der Waals surface area contributed by atoms with Gasteiger partial charge in [-0.2, -0.15) is 0 Å². The molecule has 0 saturated carbocycles. The van der Waals surface area contributed by atoms with Gasteiger partial charge in [0.1, 0.15) is 11.6 Å². The molecule has 2 atom stereocenters. The molecule has 39 heavy (non-hydrogen) atoms. The van der Waals surface area contributed by atoms with E-state index in [1.165, 1.54) is 18.3 Å². The van der Waals surface area contributed by atoms with E-state index in [1.807, 2.05) is 37.3 Å². The fourth-order valence-electron chi connectivity index (χ4n) is 5.13. The van der Waals surface area contributed by atoms with E-state index in [-0.39, 0.29) is 23.2 Å². The zero-order valence-electron chi connectivity index (χ0n) is 21.4. The molecule has 2 N–H and O–H groups in total. The Morgan fingerprint density at radius 2 is 1.79 bits per heavy atom. The average molecular weight is 533 g/mol. The van der Waals surface area contributed by atoms with Crippen LogP contribution in [0.4, 0.5) is 19.0 Å². The number of alkyl halides is 2. The molecular weight excluding hydrogens is 505 g/mol. The van der Waals surface area contributed by atoms with Crippen molar-refractivity contribution in [2.24, 2.45) is 0 Å². The molecule has 3 heterocycles. The maximum absolute atomic E-state index is 13.4. The summed E-state index contributed by atoms with van der Waals surface area (Å²) in [5.41, 5.74) is 4.70. The molecule has 2 unspecified atom stereocenters. The van der Waals surface area contributed by atoms with Gasteiger partial charge in [-0.1, -0.05) is 49.4 Å². The minimum absolute atomic E-state index is 0.0748. The summed E-state index contributed by atoms with van der Waals surface area (Å²) < 4.78 is 40.1. The lowest BCUT2D eigenvalue weighted by molar-refractivity contribution is -0.118. The Kier molecular flexibility index (Phi) is 7.24. The maximum Gasteiger partial charge on any atom is 0.256 e. The number of hydrogen-bond acceptors (Lipinski definition) is 3. The summed E-state index contributed by atoms with van der Waals surface area (Å²) in [5.74, 6) is -2.23. The first kappa shape index (κ1) is 26.2. The van der Waals surface area contributed by atoms with Gasteiger partial charge in [-0.3, -0.25) is 9.59 Å². The van der Waals surface area contributed by atoms with Gasteiger partial charge in [0.15, 0.2) is 0 Å². The van der Waals surface area contributed by atoms with Crippen LogP contribution in [-0.2, 0) is 4.79 Å². The number of hydrogen-bond donors (Lipinski definition) is 2. The second-order valence-corrected chi connectivity index (χ2v) is 9.77. The van der Waals surface area contributed by atoms with Crippen LogP contribution in [0.1, 0.15) is 46.8 Å². The largest absolute Gasteiger partial charge is 0.357 e. The molecule has 0 spiro atoms. The summed E-state index contributed by atoms with van der Waals surface area (Å²) in [6.45, 7) is 2.63. The first-order valence-electron chi connectivity index (χ1n) is 12.6. The van der Waals surface area contributed by atoms with Crippen molar-refractivity contribution in [2.75, 3.05) is 18.9 Å². The molecule has 1 aliphatic rings. The van der Waals surface area contributed by atoms with E-state index < -0.39 is 30.5 Å². The number of nitrogens with zero attached hydrogens (tertiary/aromatic N) is 2. The number of nitrogens with one attached hydrogen (secondary N) is 2. The molecule has 1 aliphatic heterocycles. The van der Waals surface area contributed by atoms with Crippen LogP contribution in [0.5, 0.6) is 0 Å². The fourth-order valence-corrected chi connectivity index (χ4v) is 5.13. The molecule has 0 radical (unpaired) electrons. The number of H-pyrrole nitrogens is 1. The number of likely N-dealkylation sites (N-methyl/N-ethyl adjacent to an activating group) is 1. The number of benzene rings is 2. The van der Waals surface area contributed by atoms with Crippen molar-refractivity contribution in [3.63, 3.8) is 0 Å². The second-order valence-electron chi connectivity index (χ2n) is 9.77. The van der Waals surface area contributed by atoms with Crippen LogP contribution in [0.25, 0.3) is 22.4 Å². The normalized spacial score (nSPS) is 15.8. The zero-order valence-corrected chi connectivity index (χ0v) is 21.4. The Balaban J connectivity index is 1.53. The molecule has 9 heteroatoms. The van der Waals surface area contributed by atoms with Gasteiger partial charge in [0.25, 0.3) is 5.91 Å². The third-order valence-electron chi connectivity index (χ3n) is 7.00. The molecule has 2 aromatic heterocycles. The van der Waals surface area contributed by atoms with Gasteiger partial charge in [-0.05, 0) is 35.4 Å². The van der Waals surface area contributed by atoms with Crippen molar-refractivity contribution in [1.82, 2.24) is 14.9 Å². The smallest absolute Gasteiger partial charge is 0.256 e. The van der Waals surface area contributed by atoms with Crippen molar-refractivity contribution in [3.05, 3.63) is 95.6 Å². The number of anilines is 1. The monoisotopic (exact) mass is 532 g/mol. The van der Waals surface area contributed by atoms with Gasteiger partial charge in [0.2, 0.25) is 12.3 Å². The molecule has 0 fully saturated rings. The number of carbonyl (C=O) groups is 2. The summed E-state index contributed by atoms with van der Waals surface area (Å²) >= 11 is 0. The van der Waals surface area contributed by atoms with Crippen molar-refractivity contribution >= 4 is 17.6 Å². The highest BCUT2D eigenvalue weighted by Crippen LogP contribution is 2.42. The highest BCUT2D eigenvalue weighted by molar-refractivity contribution is 6.07. The number of rotatable bonds is 7. The number of aromatic amines is 1. The van der Waals surface area contributed by atoms with E-state index in [4.69, 9.17) is 0 Å². The van der Waals surface area contributed by atoms with Crippen LogP contribution in [0, 0.1) is 5.82 Å². The molecule has 4 aromatic rings. The molecule has 2 amide bonds. The van der Waals surface area contributed by atoms with Gasteiger partial charge in [0.05, 0.1) is 17.2 Å². The lowest BCUT2D eigenvalue weighted by Gasteiger charge is -2.28. The summed E-state index contributed by atoms with van der Waals surface area (Å²) in [5, 5.41) is 2.65. The SMILES string of the molecule is CC1CN(C)C(=O)c2c1[nH]c(-c1ccnc(NC(=O)C(CC(F)F)c3ccc(F)cc3)c1)c2-c1ccccc1. The molecule has 200 valence electrons. The van der Waals surface area contributed by atoms with Gasteiger partial charge >= 0.3 is 0 Å². The van der Waals surface area contributed by atoms with Crippen LogP contribution < -0.4 is 5.32 Å². The molecule has 0 aliphatic carbocycles. The lowest BCUT2D eigenvalue weighted by atomic mass is 9.91. The number of carbonyl (C=O) groups excluding carboxylic acids is 2. The standard InChI is InChI=1S/C30H27F3N4O2/c1-17-16-37(2)30(39)26-25(19-6-4-3-5-7-19)28(36-27(17)26)20-12-13-34-24(14-20)35-29(38)22(15-23(32)33)18-8-10-21(31)11-9-18/h3-14,17,22-23,36H,15-16H2,1-2H3,(H,34,35,38). The third-order valence-corrected chi connectivity index (χ3v) is 7.00. The highest BCUT2D eigenvalue weighted by Gasteiger charge is 2.34. The molecule has 0 bridgehead atoms. The molecule has 5 rings (SSSR count). The first-order valence-corrected chi connectivity index (χ1v) is 12.6. The van der Waals surface area contributed by atoms with Crippen molar-refractivity contribution in [1.29, 1.82) is 0 Å². The van der Waals surface area contributed by atoms with Crippen molar-refractivity contribution in [3.8, 4) is 22.4 Å². The lowest BCUT2D eigenvalue weighted by Crippen LogP contribution is -2.35. The van der Waals surface area contributed by atoms with Gasteiger partial charge in [-0.25, -0.2) is 18.2 Å². The molecule has 2 aromatic carbocycles. The second kappa shape index (κ2) is 10.8. The van der Waals surface area contributed by atoms with E-state index in [0.29, 0.717) is 23.4 Å². The van der Waals surface area contributed by atoms with Gasteiger partial charge in [-0.15, -0.1) is 0 Å². The number of aromatic nitrogens is 2. The predicted octanol–water partition coefficient (Wildman–Crippen LogP) is 6.45. The fraction of sp³-hybridized carbons (Fsp3) is 0.233. The van der Waals surface area contributed by atoms with E-state index >= 15 is 0 Å². The Bertz CT molecular complexity index is 1500. The Morgan fingerprint density at radius 1 is 1.08 bits per heavy atom. The van der Waals surface area contributed by atoms with Crippen LogP contribution >= 0.6 is 0 Å². The summed E-state index contributed by atoms with van der Waals surface area (Å²) in [6.07, 6.45) is -1.94. The Hall–Kier alpha value is -4.40. The average Bonchev–Trinajstić information content (AvgIpc) is 3.33. The first-order chi connectivity index (χ1) is 18.7. The zero-order chi connectivity index (χ0) is 27.7. The topological polar surface area (TPSA) is 78.1 Å². The maximum atomic E-state index is 13.4. The summed E-state index contributed by atoms with van der Waals surface area (Å²) in [6, 6.07) is 17.9. The number of amides is 2. The van der Waals surface area contributed by atoms with Crippen LogP contribution in [0.3, 0.4) is 0 Å². The van der Waals surface area contributed by atoms with Crippen LogP contribution in [-0.4, -0.2) is 46.7 Å².